The van der Waals surface area contributed by atoms with Crippen LogP contribution in [0.1, 0.15) is 45.6 Å². The topological polar surface area (TPSA) is 97.6 Å². The number of nitriles is 1. The summed E-state index contributed by atoms with van der Waals surface area (Å²) in [5.74, 6) is -1.71. The number of nitrogens with one attached hydrogen (secondary N) is 1. The summed E-state index contributed by atoms with van der Waals surface area (Å²) in [6.07, 6.45) is 4.87. The monoisotopic (exact) mass is 450 g/mol. The van der Waals surface area contributed by atoms with Crippen LogP contribution in [0, 0.1) is 11.3 Å². The second-order valence-corrected chi connectivity index (χ2v) is 7.85. The first-order valence-electron chi connectivity index (χ1n) is 9.57. The van der Waals surface area contributed by atoms with Gasteiger partial charge in [-0.05, 0) is 49.4 Å². The molecule has 1 aromatic heterocycles. The van der Waals surface area contributed by atoms with Gasteiger partial charge in [-0.2, -0.15) is 14.0 Å². The number of fused-ring (bicyclic) bond motifs is 1. The number of benzene rings is 1. The molecule has 1 amide bonds. The van der Waals surface area contributed by atoms with Gasteiger partial charge in [0.05, 0.1) is 18.2 Å². The summed E-state index contributed by atoms with van der Waals surface area (Å²) in [5.41, 5.74) is 1.48. The number of esters is 1. The summed E-state index contributed by atoms with van der Waals surface area (Å²) in [5, 5.41) is 12.6. The summed E-state index contributed by atoms with van der Waals surface area (Å²) in [4.78, 5) is 25.6. The molecule has 0 saturated heterocycles. The Labute approximate surface area is 181 Å². The van der Waals surface area contributed by atoms with Gasteiger partial charge in [0.1, 0.15) is 11.1 Å². The molecule has 31 heavy (non-hydrogen) atoms. The fourth-order valence-corrected chi connectivity index (χ4v) is 4.57. The Morgan fingerprint density at radius 3 is 2.71 bits per heavy atom. The smallest absolute Gasteiger partial charge is 0.387 e. The Hall–Kier alpha value is -3.19. The minimum atomic E-state index is -3.04. The van der Waals surface area contributed by atoms with Crippen molar-refractivity contribution < 1.29 is 32.6 Å². The number of nitrogens with zero attached hydrogens (tertiary/aromatic N) is 1. The number of amides is 1. The van der Waals surface area contributed by atoms with E-state index in [1.807, 2.05) is 0 Å². The van der Waals surface area contributed by atoms with Gasteiger partial charge in [0.15, 0.2) is 18.1 Å². The first-order chi connectivity index (χ1) is 14.9. The Bertz CT molecular complexity index is 1020. The molecule has 10 heteroatoms. The number of halogens is 2. The zero-order valence-electron chi connectivity index (χ0n) is 16.7. The maximum Gasteiger partial charge on any atom is 0.387 e. The van der Waals surface area contributed by atoms with Crippen LogP contribution in [-0.4, -0.2) is 32.2 Å². The number of aryl methyl sites for hydroxylation is 1. The van der Waals surface area contributed by atoms with Crippen LogP contribution in [-0.2, 0) is 22.4 Å². The van der Waals surface area contributed by atoms with Crippen LogP contribution in [0.15, 0.2) is 18.2 Å². The van der Waals surface area contributed by atoms with Crippen molar-refractivity contribution in [2.24, 2.45) is 0 Å². The van der Waals surface area contributed by atoms with Crippen molar-refractivity contribution in [3.63, 3.8) is 0 Å². The second kappa shape index (κ2) is 10.2. The number of carbonyl (C=O) groups is 2. The first kappa shape index (κ1) is 22.5. The summed E-state index contributed by atoms with van der Waals surface area (Å²) in [6, 6.07) is 5.73. The van der Waals surface area contributed by atoms with Crippen molar-refractivity contribution in [3.8, 4) is 17.6 Å². The number of anilines is 1. The molecular formula is C21H20F2N2O5S. The largest absolute Gasteiger partial charge is 0.493 e. The summed E-state index contributed by atoms with van der Waals surface area (Å²) in [6.45, 7) is -3.61. The Morgan fingerprint density at radius 2 is 2.00 bits per heavy atom. The Balaban J connectivity index is 1.62. The molecule has 0 radical (unpaired) electrons. The third kappa shape index (κ3) is 5.49. The number of ether oxygens (including phenoxy) is 3. The molecule has 0 bridgehead atoms. The average Bonchev–Trinajstić information content (AvgIpc) is 2.90. The van der Waals surface area contributed by atoms with E-state index in [9.17, 15) is 23.6 Å². The van der Waals surface area contributed by atoms with Gasteiger partial charge >= 0.3 is 12.6 Å². The number of thiophene rings is 1. The molecule has 0 fully saturated rings. The molecule has 164 valence electrons. The van der Waals surface area contributed by atoms with E-state index in [1.165, 1.54) is 30.6 Å². The molecule has 1 aliphatic rings. The molecule has 7 nitrogen and oxygen atoms in total. The molecule has 0 aliphatic heterocycles. The standard InChI is InChI=1S/C21H20F2N2O5S/c1-28-16-9-12(7-8-15(16)30-21(22)23)20(27)29-11-18(26)25-19-14(10-24)13-5-3-2-4-6-17(13)31-19/h7-9,21H,2-6,11H2,1H3,(H,25,26). The van der Waals surface area contributed by atoms with E-state index in [4.69, 9.17) is 9.47 Å². The van der Waals surface area contributed by atoms with Gasteiger partial charge in [-0.1, -0.05) is 6.42 Å². The predicted octanol–water partition coefficient (Wildman–Crippen LogP) is 4.29. The van der Waals surface area contributed by atoms with E-state index in [-0.39, 0.29) is 17.1 Å². The number of hydrogen-bond acceptors (Lipinski definition) is 7. The fraction of sp³-hybridized carbons (Fsp3) is 0.381. The van der Waals surface area contributed by atoms with Crippen molar-refractivity contribution in [1.29, 1.82) is 5.26 Å². The highest BCUT2D eigenvalue weighted by Gasteiger charge is 2.22. The lowest BCUT2D eigenvalue weighted by Gasteiger charge is -2.11. The highest BCUT2D eigenvalue weighted by Crippen LogP contribution is 2.37. The highest BCUT2D eigenvalue weighted by molar-refractivity contribution is 7.16. The lowest BCUT2D eigenvalue weighted by molar-refractivity contribution is -0.119. The third-order valence-corrected chi connectivity index (χ3v) is 5.94. The van der Waals surface area contributed by atoms with Gasteiger partial charge in [-0.25, -0.2) is 4.79 Å². The number of carbonyl (C=O) groups excluding carboxylic acids is 2. The molecule has 0 saturated carbocycles. The van der Waals surface area contributed by atoms with Crippen molar-refractivity contribution in [3.05, 3.63) is 39.8 Å². The summed E-state index contributed by atoms with van der Waals surface area (Å²) in [7, 11) is 1.24. The van der Waals surface area contributed by atoms with E-state index >= 15 is 0 Å². The molecule has 1 heterocycles. The molecule has 0 spiro atoms. The van der Waals surface area contributed by atoms with Gasteiger partial charge in [0.2, 0.25) is 0 Å². The summed E-state index contributed by atoms with van der Waals surface area (Å²) < 4.78 is 39.0. The van der Waals surface area contributed by atoms with Crippen LogP contribution >= 0.6 is 11.3 Å². The van der Waals surface area contributed by atoms with Crippen LogP contribution in [0.25, 0.3) is 0 Å². The molecule has 0 atom stereocenters. The third-order valence-electron chi connectivity index (χ3n) is 4.74. The maximum absolute atomic E-state index is 12.4. The lowest BCUT2D eigenvalue weighted by Crippen LogP contribution is -2.21. The maximum atomic E-state index is 12.4. The average molecular weight is 450 g/mol. The minimum Gasteiger partial charge on any atom is -0.493 e. The number of methoxy groups -OCH3 is 1. The van der Waals surface area contributed by atoms with Crippen molar-refractivity contribution in [2.45, 2.75) is 38.7 Å². The lowest BCUT2D eigenvalue weighted by atomic mass is 10.1. The van der Waals surface area contributed by atoms with Crippen molar-refractivity contribution >= 4 is 28.2 Å². The van der Waals surface area contributed by atoms with Crippen LogP contribution in [0.3, 0.4) is 0 Å². The van der Waals surface area contributed by atoms with E-state index in [0.29, 0.717) is 10.6 Å². The Morgan fingerprint density at radius 1 is 1.23 bits per heavy atom. The van der Waals surface area contributed by atoms with E-state index in [2.05, 4.69) is 16.1 Å². The van der Waals surface area contributed by atoms with Gasteiger partial charge in [0.25, 0.3) is 5.91 Å². The molecule has 1 N–H and O–H groups in total. The molecule has 0 unspecified atom stereocenters. The van der Waals surface area contributed by atoms with E-state index in [0.717, 1.165) is 48.6 Å². The normalized spacial score (nSPS) is 13.0. The molecular weight excluding hydrogens is 430 g/mol. The molecule has 1 aromatic carbocycles. The zero-order chi connectivity index (χ0) is 22.4. The van der Waals surface area contributed by atoms with E-state index < -0.39 is 25.1 Å². The molecule has 1 aliphatic carbocycles. The summed E-state index contributed by atoms with van der Waals surface area (Å²) >= 11 is 1.38. The number of hydrogen-bond donors (Lipinski definition) is 1. The highest BCUT2D eigenvalue weighted by atomic mass is 32.1. The van der Waals surface area contributed by atoms with Gasteiger partial charge in [-0.3, -0.25) is 4.79 Å². The quantitative estimate of drug-likeness (QED) is 0.499. The van der Waals surface area contributed by atoms with Gasteiger partial charge in [0, 0.05) is 4.88 Å². The predicted molar refractivity (Wildman–Crippen MR) is 109 cm³/mol. The minimum absolute atomic E-state index is 0.00631. The zero-order valence-corrected chi connectivity index (χ0v) is 17.5. The van der Waals surface area contributed by atoms with Crippen molar-refractivity contribution in [1.82, 2.24) is 0 Å². The molecule has 2 aromatic rings. The van der Waals surface area contributed by atoms with Gasteiger partial charge < -0.3 is 19.5 Å². The van der Waals surface area contributed by atoms with Crippen LogP contribution < -0.4 is 14.8 Å². The SMILES string of the molecule is COc1cc(C(=O)OCC(=O)Nc2sc3c(c2C#N)CCCCC3)ccc1OC(F)F. The van der Waals surface area contributed by atoms with Crippen LogP contribution in [0.2, 0.25) is 0 Å². The number of alkyl halides is 2. The fourth-order valence-electron chi connectivity index (χ4n) is 3.31. The van der Waals surface area contributed by atoms with Crippen LogP contribution in [0.4, 0.5) is 13.8 Å². The second-order valence-electron chi connectivity index (χ2n) is 6.75. The van der Waals surface area contributed by atoms with Crippen LogP contribution in [0.5, 0.6) is 11.5 Å². The molecule has 3 rings (SSSR count). The first-order valence-corrected chi connectivity index (χ1v) is 10.4. The van der Waals surface area contributed by atoms with Gasteiger partial charge in [-0.15, -0.1) is 11.3 Å². The van der Waals surface area contributed by atoms with Crippen molar-refractivity contribution in [2.75, 3.05) is 19.0 Å². The Kier molecular flexibility index (Phi) is 7.41. The number of rotatable bonds is 7. The van der Waals surface area contributed by atoms with E-state index in [1.54, 1.807) is 0 Å².